The second-order valence-corrected chi connectivity index (χ2v) is 6.35. The van der Waals surface area contributed by atoms with Gasteiger partial charge < -0.3 is 19.8 Å². The van der Waals surface area contributed by atoms with Gasteiger partial charge in [-0.05, 0) is 25.5 Å². The molecule has 2 N–H and O–H groups in total. The molecule has 3 aromatic rings. The molecule has 3 rings (SSSR count). The van der Waals surface area contributed by atoms with Gasteiger partial charge in [0.15, 0.2) is 11.7 Å². The van der Waals surface area contributed by atoms with E-state index in [0.717, 1.165) is 34.7 Å². The van der Waals surface area contributed by atoms with Crippen LogP contribution >= 0.6 is 24.0 Å². The first-order chi connectivity index (χ1) is 13.7. The predicted octanol–water partition coefficient (Wildman–Crippen LogP) is 4.53. The summed E-state index contributed by atoms with van der Waals surface area (Å²) in [5, 5.41) is 6.50. The van der Waals surface area contributed by atoms with Crippen LogP contribution in [0, 0.1) is 6.92 Å². The Morgan fingerprint density at radius 3 is 2.66 bits per heavy atom. The maximum atomic E-state index is 5.83. The first-order valence-electron chi connectivity index (χ1n) is 9.35. The largest absolute Gasteiger partial charge is 0.496 e. The van der Waals surface area contributed by atoms with E-state index in [2.05, 4.69) is 26.7 Å². The highest BCUT2D eigenvalue weighted by molar-refractivity contribution is 14.0. The molecule has 6 nitrogen and oxygen atoms in total. The zero-order valence-electron chi connectivity index (χ0n) is 16.9. The van der Waals surface area contributed by atoms with E-state index in [1.54, 1.807) is 13.3 Å². The second kappa shape index (κ2) is 11.5. The SMILES string of the molecule is CCNC(=NCc1ccc(C)cc1OC)NCc1ncc(-c2ccccc2)o1.I. The molecule has 0 radical (unpaired) electrons. The average molecular weight is 506 g/mol. The second-order valence-electron chi connectivity index (χ2n) is 6.35. The van der Waals surface area contributed by atoms with Crippen LogP contribution in [0.15, 0.2) is 64.1 Å². The number of aliphatic imine (C=N–C) groups is 1. The van der Waals surface area contributed by atoms with E-state index in [0.29, 0.717) is 24.9 Å². The summed E-state index contributed by atoms with van der Waals surface area (Å²) in [6.45, 7) is 5.80. The van der Waals surface area contributed by atoms with Crippen LogP contribution in [0.1, 0.15) is 23.9 Å². The Balaban J connectivity index is 0.00000300. The molecule has 7 heteroatoms. The smallest absolute Gasteiger partial charge is 0.214 e. The van der Waals surface area contributed by atoms with Crippen molar-refractivity contribution >= 4 is 29.9 Å². The molecular formula is C22H27IN4O2. The van der Waals surface area contributed by atoms with E-state index in [9.17, 15) is 0 Å². The number of aromatic nitrogens is 1. The van der Waals surface area contributed by atoms with E-state index in [1.807, 2.05) is 56.3 Å². The van der Waals surface area contributed by atoms with Crippen LogP contribution in [0.5, 0.6) is 5.75 Å². The molecule has 0 spiro atoms. The number of nitrogens with one attached hydrogen (secondary N) is 2. The first kappa shape index (κ1) is 22.7. The number of guanidine groups is 1. The summed E-state index contributed by atoms with van der Waals surface area (Å²) >= 11 is 0. The summed E-state index contributed by atoms with van der Waals surface area (Å²) in [4.78, 5) is 9.00. The number of hydrogen-bond donors (Lipinski definition) is 2. The number of methoxy groups -OCH3 is 1. The summed E-state index contributed by atoms with van der Waals surface area (Å²) in [5.41, 5.74) is 3.20. The van der Waals surface area contributed by atoms with Gasteiger partial charge in [-0.15, -0.1) is 24.0 Å². The minimum Gasteiger partial charge on any atom is -0.496 e. The highest BCUT2D eigenvalue weighted by Crippen LogP contribution is 2.21. The van der Waals surface area contributed by atoms with E-state index >= 15 is 0 Å². The maximum absolute atomic E-state index is 5.83. The van der Waals surface area contributed by atoms with Crippen LogP contribution in [0.25, 0.3) is 11.3 Å². The minimum atomic E-state index is 0. The monoisotopic (exact) mass is 506 g/mol. The van der Waals surface area contributed by atoms with Crippen molar-refractivity contribution in [3.8, 4) is 17.1 Å². The van der Waals surface area contributed by atoms with Gasteiger partial charge >= 0.3 is 0 Å². The van der Waals surface area contributed by atoms with Crippen molar-refractivity contribution in [2.45, 2.75) is 26.9 Å². The predicted molar refractivity (Wildman–Crippen MR) is 127 cm³/mol. The van der Waals surface area contributed by atoms with Crippen molar-refractivity contribution < 1.29 is 9.15 Å². The molecule has 0 atom stereocenters. The van der Waals surface area contributed by atoms with Crippen LogP contribution in [0.3, 0.4) is 0 Å². The number of nitrogens with zero attached hydrogens (tertiary/aromatic N) is 2. The number of oxazole rings is 1. The Hall–Kier alpha value is -2.55. The van der Waals surface area contributed by atoms with E-state index in [-0.39, 0.29) is 24.0 Å². The van der Waals surface area contributed by atoms with Crippen molar-refractivity contribution in [2.24, 2.45) is 4.99 Å². The Labute approximate surface area is 188 Å². The molecule has 1 aromatic heterocycles. The van der Waals surface area contributed by atoms with Crippen molar-refractivity contribution in [1.82, 2.24) is 15.6 Å². The zero-order chi connectivity index (χ0) is 19.8. The fourth-order valence-electron chi connectivity index (χ4n) is 2.78. The van der Waals surface area contributed by atoms with E-state index < -0.39 is 0 Å². The van der Waals surface area contributed by atoms with Gasteiger partial charge in [0.05, 0.1) is 26.4 Å². The van der Waals surface area contributed by atoms with Crippen LogP contribution in [0.4, 0.5) is 0 Å². The van der Waals surface area contributed by atoms with Crippen LogP contribution in [0.2, 0.25) is 0 Å². The molecule has 0 bridgehead atoms. The lowest BCUT2D eigenvalue weighted by molar-refractivity contribution is 0.409. The van der Waals surface area contributed by atoms with E-state index in [4.69, 9.17) is 9.15 Å². The van der Waals surface area contributed by atoms with Gasteiger partial charge in [-0.3, -0.25) is 0 Å². The van der Waals surface area contributed by atoms with Gasteiger partial charge in [0.2, 0.25) is 5.89 Å². The normalized spacial score (nSPS) is 10.9. The van der Waals surface area contributed by atoms with Crippen LogP contribution < -0.4 is 15.4 Å². The Kier molecular flexibility index (Phi) is 8.98. The third-order valence-electron chi connectivity index (χ3n) is 4.21. The summed E-state index contributed by atoms with van der Waals surface area (Å²) in [7, 11) is 1.68. The lowest BCUT2D eigenvalue weighted by Crippen LogP contribution is -2.36. The van der Waals surface area contributed by atoms with Crippen molar-refractivity contribution in [3.05, 3.63) is 71.7 Å². The zero-order valence-corrected chi connectivity index (χ0v) is 19.3. The van der Waals surface area contributed by atoms with Crippen molar-refractivity contribution in [2.75, 3.05) is 13.7 Å². The van der Waals surface area contributed by atoms with Gasteiger partial charge in [0, 0.05) is 17.7 Å². The summed E-state index contributed by atoms with van der Waals surface area (Å²) in [6, 6.07) is 16.0. The molecule has 2 aromatic carbocycles. The highest BCUT2D eigenvalue weighted by Gasteiger charge is 2.08. The van der Waals surface area contributed by atoms with E-state index in [1.165, 1.54) is 0 Å². The topological polar surface area (TPSA) is 71.7 Å². The fourth-order valence-corrected chi connectivity index (χ4v) is 2.78. The molecular weight excluding hydrogens is 479 g/mol. The van der Waals surface area contributed by atoms with Crippen LogP contribution in [-0.4, -0.2) is 24.6 Å². The third kappa shape index (κ3) is 6.49. The number of ether oxygens (including phenoxy) is 1. The first-order valence-corrected chi connectivity index (χ1v) is 9.35. The Morgan fingerprint density at radius 2 is 1.93 bits per heavy atom. The molecule has 0 aliphatic carbocycles. The molecule has 0 fully saturated rings. The standard InChI is InChI=1S/C22H26N4O2.HI/c1-4-23-22(25-13-18-11-10-16(2)12-19(18)27-3)26-15-21-24-14-20(28-21)17-8-6-5-7-9-17;/h5-12,14H,4,13,15H2,1-3H3,(H2,23,25,26);1H. The lowest BCUT2D eigenvalue weighted by atomic mass is 10.1. The number of benzene rings is 2. The average Bonchev–Trinajstić information content (AvgIpc) is 3.20. The number of rotatable bonds is 7. The van der Waals surface area contributed by atoms with Crippen molar-refractivity contribution in [3.63, 3.8) is 0 Å². The van der Waals surface area contributed by atoms with Gasteiger partial charge in [-0.2, -0.15) is 0 Å². The molecule has 0 saturated heterocycles. The number of aryl methyl sites for hydroxylation is 1. The van der Waals surface area contributed by atoms with Crippen LogP contribution in [-0.2, 0) is 13.1 Å². The molecule has 0 saturated carbocycles. The maximum Gasteiger partial charge on any atom is 0.214 e. The van der Waals surface area contributed by atoms with Gasteiger partial charge in [0.25, 0.3) is 0 Å². The summed E-state index contributed by atoms with van der Waals surface area (Å²) in [5.74, 6) is 2.91. The number of hydrogen-bond acceptors (Lipinski definition) is 4. The quantitative estimate of drug-likeness (QED) is 0.280. The van der Waals surface area contributed by atoms with Crippen molar-refractivity contribution in [1.29, 1.82) is 0 Å². The number of halogens is 1. The minimum absolute atomic E-state index is 0. The molecule has 0 unspecified atom stereocenters. The third-order valence-corrected chi connectivity index (χ3v) is 4.21. The Bertz CT molecular complexity index is 926. The molecule has 29 heavy (non-hydrogen) atoms. The molecule has 1 heterocycles. The molecule has 0 aliphatic heterocycles. The summed E-state index contributed by atoms with van der Waals surface area (Å²) in [6.07, 6.45) is 1.74. The lowest BCUT2D eigenvalue weighted by Gasteiger charge is -2.11. The van der Waals surface area contributed by atoms with Gasteiger partial charge in [-0.25, -0.2) is 9.98 Å². The fraction of sp³-hybridized carbons (Fsp3) is 0.273. The molecule has 0 amide bonds. The molecule has 154 valence electrons. The summed E-state index contributed by atoms with van der Waals surface area (Å²) < 4.78 is 11.3. The molecule has 0 aliphatic rings. The van der Waals surface area contributed by atoms with Gasteiger partial charge in [-0.1, -0.05) is 42.5 Å². The highest BCUT2D eigenvalue weighted by atomic mass is 127. The van der Waals surface area contributed by atoms with Gasteiger partial charge in [0.1, 0.15) is 5.75 Å². The Morgan fingerprint density at radius 1 is 1.14 bits per heavy atom.